The molecular formula is C29H52F3N7OS. The Balaban J connectivity index is 1.26. The first-order valence-corrected chi connectivity index (χ1v) is 16.7. The lowest BCUT2D eigenvalue weighted by molar-refractivity contribution is -0.214. The van der Waals surface area contributed by atoms with E-state index in [2.05, 4.69) is 39.4 Å². The van der Waals surface area contributed by atoms with Crippen molar-refractivity contribution >= 4 is 18.0 Å². The molecule has 4 N–H and O–H groups in total. The fourth-order valence-electron chi connectivity index (χ4n) is 7.58. The zero-order valence-electron chi connectivity index (χ0n) is 25.4. The van der Waals surface area contributed by atoms with Gasteiger partial charge in [-0.1, -0.05) is 25.8 Å². The summed E-state index contributed by atoms with van der Waals surface area (Å²) in [5.41, 5.74) is -1.75. The summed E-state index contributed by atoms with van der Waals surface area (Å²) >= 11 is 1.82. The lowest BCUT2D eigenvalue weighted by Gasteiger charge is -2.48. The molecule has 0 radical (unpaired) electrons. The highest BCUT2D eigenvalue weighted by molar-refractivity contribution is 7.98. The Bertz CT molecular complexity index is 906. The van der Waals surface area contributed by atoms with Crippen molar-refractivity contribution in [3.8, 4) is 0 Å². The first-order chi connectivity index (χ1) is 19.3. The van der Waals surface area contributed by atoms with Crippen molar-refractivity contribution in [2.45, 2.75) is 121 Å². The van der Waals surface area contributed by atoms with Gasteiger partial charge in [-0.3, -0.25) is 20.3 Å². The Morgan fingerprint density at radius 2 is 1.83 bits per heavy atom. The van der Waals surface area contributed by atoms with Crippen molar-refractivity contribution in [1.29, 1.82) is 0 Å². The number of piperidine rings is 2. The van der Waals surface area contributed by atoms with Gasteiger partial charge < -0.3 is 15.1 Å². The van der Waals surface area contributed by atoms with E-state index in [1.165, 1.54) is 52.4 Å². The normalized spacial score (nSPS) is 37.4. The second-order valence-electron chi connectivity index (χ2n) is 14.3. The van der Waals surface area contributed by atoms with E-state index in [4.69, 9.17) is 0 Å². The highest BCUT2D eigenvalue weighted by Gasteiger charge is 2.49. The van der Waals surface area contributed by atoms with Gasteiger partial charge in [0.15, 0.2) is 0 Å². The summed E-state index contributed by atoms with van der Waals surface area (Å²) in [5, 5.41) is 11.8. The topological polar surface area (TPSA) is 74.9 Å². The van der Waals surface area contributed by atoms with Crippen LogP contribution >= 0.6 is 11.9 Å². The minimum Gasteiger partial charge on any atom is -0.323 e. The van der Waals surface area contributed by atoms with Crippen LogP contribution in [0.5, 0.6) is 0 Å². The van der Waals surface area contributed by atoms with Gasteiger partial charge in [0.1, 0.15) is 0 Å². The number of rotatable bonds is 4. The summed E-state index contributed by atoms with van der Waals surface area (Å²) in [5.74, 6) is 1.05. The predicted octanol–water partition coefficient (Wildman–Crippen LogP) is 4.50. The fraction of sp³-hybridized carbons (Fsp3) is 0.966. The Morgan fingerprint density at radius 3 is 2.61 bits per heavy atom. The third kappa shape index (κ3) is 7.30. The van der Waals surface area contributed by atoms with Gasteiger partial charge in [0.2, 0.25) is 0 Å². The second-order valence-corrected chi connectivity index (χ2v) is 15.4. The van der Waals surface area contributed by atoms with Gasteiger partial charge >= 0.3 is 12.2 Å². The maximum absolute atomic E-state index is 13.4. The summed E-state index contributed by atoms with van der Waals surface area (Å²) in [4.78, 5) is 19.6. The van der Waals surface area contributed by atoms with Crippen LogP contribution in [-0.2, 0) is 0 Å². The monoisotopic (exact) mass is 603 g/mol. The summed E-state index contributed by atoms with van der Waals surface area (Å²) in [6, 6.07) is -0.131. The van der Waals surface area contributed by atoms with Crippen molar-refractivity contribution < 1.29 is 18.0 Å². The van der Waals surface area contributed by atoms with E-state index in [9.17, 15) is 18.0 Å². The van der Waals surface area contributed by atoms with Crippen LogP contribution in [-0.4, -0.2) is 95.6 Å². The number of carbonyl (C=O) groups excluding carboxylic acids is 1. The summed E-state index contributed by atoms with van der Waals surface area (Å²) in [7, 11) is 0. The zero-order valence-corrected chi connectivity index (χ0v) is 26.2. The van der Waals surface area contributed by atoms with Crippen LogP contribution in [0.25, 0.3) is 0 Å². The number of hydrogen-bond donors (Lipinski definition) is 4. The lowest BCUT2D eigenvalue weighted by Crippen LogP contribution is -2.65. The molecule has 12 heteroatoms. The third-order valence-electron chi connectivity index (χ3n) is 10.4. The molecule has 0 aromatic rings. The number of carbonyl (C=O) groups is 1. The smallest absolute Gasteiger partial charge is 0.323 e. The minimum absolute atomic E-state index is 0.0579. The molecule has 5 heterocycles. The van der Waals surface area contributed by atoms with Crippen LogP contribution in [0.3, 0.4) is 0 Å². The van der Waals surface area contributed by atoms with E-state index >= 15 is 0 Å². The fourth-order valence-corrected chi connectivity index (χ4v) is 8.60. The number of amides is 2. The van der Waals surface area contributed by atoms with Gasteiger partial charge in [-0.2, -0.15) is 13.2 Å². The van der Waals surface area contributed by atoms with Crippen LogP contribution in [0.1, 0.15) is 85.5 Å². The van der Waals surface area contributed by atoms with Gasteiger partial charge in [-0.25, -0.2) is 4.79 Å². The zero-order chi connectivity index (χ0) is 29.4. The Hall–Kier alpha value is -0.790. The van der Waals surface area contributed by atoms with Gasteiger partial charge in [-0.15, -0.1) is 0 Å². The standard InChI is InChI=1S/C29H52F3N7OS/c1-27(2,29(30,31)32)12-14-37-15-16-38(26(37)40)23-11-10-21-18-34-41-24-9-5-8-22(35-24)33-13-6-7-20-17-28(3,4)39(19-20)25(21)36-23/h20-25,33-36H,5-19H2,1-4H3/t20-,21?,22?,23?,24?,25?/m0/s1. The van der Waals surface area contributed by atoms with Gasteiger partial charge in [0.25, 0.3) is 0 Å². The molecule has 0 aromatic carbocycles. The number of nitrogens with zero attached hydrogens (tertiary/aromatic N) is 3. The summed E-state index contributed by atoms with van der Waals surface area (Å²) in [6.07, 6.45) is 5.07. The van der Waals surface area contributed by atoms with E-state index in [1.807, 2.05) is 16.8 Å². The number of hydrogen-bond acceptors (Lipinski definition) is 7. The summed E-state index contributed by atoms with van der Waals surface area (Å²) < 4.78 is 44.0. The Labute approximate surface area is 248 Å². The molecule has 5 aliphatic rings. The Morgan fingerprint density at radius 1 is 1.02 bits per heavy atom. The minimum atomic E-state index is -4.28. The molecule has 41 heavy (non-hydrogen) atoms. The van der Waals surface area contributed by atoms with E-state index in [0.29, 0.717) is 36.5 Å². The van der Waals surface area contributed by atoms with Crippen molar-refractivity contribution in [3.05, 3.63) is 0 Å². The van der Waals surface area contributed by atoms with Crippen LogP contribution in [0.4, 0.5) is 18.0 Å². The molecule has 0 aliphatic carbocycles. The Kier molecular flexibility index (Phi) is 9.78. The number of nitrogens with one attached hydrogen (secondary N) is 4. The van der Waals surface area contributed by atoms with E-state index in [0.717, 1.165) is 32.5 Å². The van der Waals surface area contributed by atoms with Gasteiger partial charge in [0, 0.05) is 44.2 Å². The van der Waals surface area contributed by atoms with Crippen molar-refractivity contribution in [1.82, 2.24) is 35.4 Å². The predicted molar refractivity (Wildman–Crippen MR) is 158 cm³/mol. The van der Waals surface area contributed by atoms with Crippen LogP contribution < -0.4 is 20.7 Å². The van der Waals surface area contributed by atoms with Crippen molar-refractivity contribution in [3.63, 3.8) is 0 Å². The molecule has 2 amide bonds. The van der Waals surface area contributed by atoms with Crippen LogP contribution in [0.15, 0.2) is 0 Å². The van der Waals surface area contributed by atoms with Crippen molar-refractivity contribution in [2.75, 3.05) is 39.3 Å². The van der Waals surface area contributed by atoms with Crippen LogP contribution in [0, 0.1) is 17.3 Å². The third-order valence-corrected chi connectivity index (χ3v) is 11.3. The average Bonchev–Trinajstić information content (AvgIpc) is 3.42. The van der Waals surface area contributed by atoms with E-state index in [1.54, 1.807) is 4.90 Å². The highest BCUT2D eigenvalue weighted by atomic mass is 32.2. The molecule has 5 rings (SSSR count). The lowest BCUT2D eigenvalue weighted by atomic mass is 9.88. The number of halogens is 3. The number of alkyl halides is 3. The summed E-state index contributed by atoms with van der Waals surface area (Å²) in [6.45, 7) is 11.3. The van der Waals surface area contributed by atoms with E-state index < -0.39 is 11.6 Å². The van der Waals surface area contributed by atoms with Crippen LogP contribution in [0.2, 0.25) is 0 Å². The van der Waals surface area contributed by atoms with E-state index in [-0.39, 0.29) is 36.9 Å². The quantitative estimate of drug-likeness (QED) is 0.353. The molecule has 5 saturated heterocycles. The van der Waals surface area contributed by atoms with Gasteiger partial charge in [-0.05, 0) is 84.1 Å². The maximum atomic E-state index is 13.4. The average molecular weight is 604 g/mol. The number of fused-ring (bicyclic) bond motifs is 6. The molecule has 5 aliphatic heterocycles. The first-order valence-electron chi connectivity index (χ1n) is 15.9. The molecule has 5 fully saturated rings. The van der Waals surface area contributed by atoms with Gasteiger partial charge in [0.05, 0.1) is 29.3 Å². The second kappa shape index (κ2) is 12.7. The molecule has 0 saturated carbocycles. The van der Waals surface area contributed by atoms with Crippen molar-refractivity contribution in [2.24, 2.45) is 17.3 Å². The highest BCUT2D eigenvalue weighted by Crippen LogP contribution is 2.42. The molecule has 7 atom stereocenters. The largest absolute Gasteiger partial charge is 0.394 e. The molecule has 0 spiro atoms. The molecule has 6 unspecified atom stereocenters. The molecule has 0 aromatic heterocycles. The SMILES string of the molecule is CC1(C)C[C@@H]2CCCNC3CCCC(N3)SNCC3CCC(N4CCN(CCC(C)(C)C(F)(F)F)C4=O)NC3N1C2. The molecule has 4 bridgehead atoms. The molecule has 236 valence electrons. The molecular weight excluding hydrogens is 551 g/mol. The molecule has 8 nitrogen and oxygen atoms in total. The first kappa shape index (κ1) is 31.6. The maximum Gasteiger partial charge on any atom is 0.394 e. The number of urea groups is 1.